The molecular weight excluding hydrogens is 422 g/mol. The Morgan fingerprint density at radius 2 is 1.69 bits per heavy atom. The lowest BCUT2D eigenvalue weighted by Gasteiger charge is -2.36. The second kappa shape index (κ2) is 8.93. The molecule has 0 unspecified atom stereocenters. The monoisotopic (exact) mass is 443 g/mol. The Hall–Kier alpha value is -3.51. The number of nitrogens with zero attached hydrogens (tertiary/aromatic N) is 5. The molecule has 4 aromatic rings. The first-order valence-electron chi connectivity index (χ1n) is 10.6. The van der Waals surface area contributed by atoms with Crippen molar-refractivity contribution in [2.75, 3.05) is 31.1 Å². The average Bonchev–Trinajstić information content (AvgIpc) is 2.85. The molecule has 0 radical (unpaired) electrons. The van der Waals surface area contributed by atoms with Crippen LogP contribution >= 0.6 is 11.6 Å². The van der Waals surface area contributed by atoms with Crippen molar-refractivity contribution < 1.29 is 4.79 Å². The van der Waals surface area contributed by atoms with Gasteiger partial charge in [-0.2, -0.15) is 0 Å². The maximum absolute atomic E-state index is 12.8. The minimum Gasteiger partial charge on any atom is -0.352 e. The molecule has 0 spiro atoms. The summed E-state index contributed by atoms with van der Waals surface area (Å²) in [6, 6.07) is 19.4. The van der Waals surface area contributed by atoms with E-state index < -0.39 is 0 Å². The highest BCUT2D eigenvalue weighted by molar-refractivity contribution is 6.31. The molecule has 0 N–H and O–H groups in total. The number of amides is 1. The van der Waals surface area contributed by atoms with Gasteiger partial charge in [-0.1, -0.05) is 41.9 Å². The van der Waals surface area contributed by atoms with E-state index >= 15 is 0 Å². The minimum absolute atomic E-state index is 0.0985. The normalized spacial score (nSPS) is 14.0. The maximum atomic E-state index is 12.8. The predicted octanol–water partition coefficient (Wildman–Crippen LogP) is 4.24. The number of fused-ring (bicyclic) bond motifs is 1. The molecule has 0 aliphatic carbocycles. The summed E-state index contributed by atoms with van der Waals surface area (Å²) in [5.74, 6) is 1.65. The van der Waals surface area contributed by atoms with Crippen molar-refractivity contribution in [1.82, 2.24) is 19.9 Å². The van der Waals surface area contributed by atoms with Gasteiger partial charge in [-0.15, -0.1) is 0 Å². The molecule has 0 saturated carbocycles. The third kappa shape index (κ3) is 4.14. The van der Waals surface area contributed by atoms with Crippen LogP contribution < -0.4 is 4.90 Å². The fourth-order valence-electron chi connectivity index (χ4n) is 4.01. The van der Waals surface area contributed by atoms with Crippen LogP contribution in [0.2, 0.25) is 5.02 Å². The molecule has 1 aliphatic heterocycles. The summed E-state index contributed by atoms with van der Waals surface area (Å²) in [4.78, 5) is 30.8. The van der Waals surface area contributed by atoms with Crippen molar-refractivity contribution in [3.8, 4) is 11.4 Å². The molecule has 1 amide bonds. The first-order chi connectivity index (χ1) is 15.7. The highest BCUT2D eigenvalue weighted by Crippen LogP contribution is 2.28. The van der Waals surface area contributed by atoms with E-state index in [9.17, 15) is 4.79 Å². The van der Waals surface area contributed by atoms with E-state index in [-0.39, 0.29) is 5.91 Å². The van der Waals surface area contributed by atoms with E-state index in [0.29, 0.717) is 43.4 Å². The topological polar surface area (TPSA) is 62.2 Å². The molecule has 32 heavy (non-hydrogen) atoms. The molecule has 5 rings (SSSR count). The number of carbonyl (C=O) groups excluding carboxylic acids is 1. The van der Waals surface area contributed by atoms with Crippen LogP contribution in [0.15, 0.2) is 73.1 Å². The molecule has 1 aliphatic rings. The number of anilines is 1. The van der Waals surface area contributed by atoms with Gasteiger partial charge in [0.2, 0.25) is 5.91 Å². The van der Waals surface area contributed by atoms with E-state index in [1.54, 1.807) is 12.4 Å². The molecule has 160 valence electrons. The number of hydrogen-bond acceptors (Lipinski definition) is 5. The maximum Gasteiger partial charge on any atom is 0.227 e. The molecule has 3 heterocycles. The van der Waals surface area contributed by atoms with Gasteiger partial charge in [-0.3, -0.25) is 9.78 Å². The zero-order chi connectivity index (χ0) is 21.9. The largest absolute Gasteiger partial charge is 0.352 e. The van der Waals surface area contributed by atoms with Gasteiger partial charge in [-0.25, -0.2) is 9.97 Å². The van der Waals surface area contributed by atoms with E-state index in [1.165, 1.54) is 0 Å². The summed E-state index contributed by atoms with van der Waals surface area (Å²) in [6.07, 6.45) is 3.84. The summed E-state index contributed by atoms with van der Waals surface area (Å²) in [5, 5.41) is 1.64. The molecule has 2 aromatic carbocycles. The van der Waals surface area contributed by atoms with Gasteiger partial charge in [-0.05, 0) is 35.9 Å². The number of hydrogen-bond donors (Lipinski definition) is 0. The lowest BCUT2D eigenvalue weighted by Crippen LogP contribution is -2.49. The van der Waals surface area contributed by atoms with Crippen LogP contribution in [0.1, 0.15) is 5.56 Å². The van der Waals surface area contributed by atoms with Crippen LogP contribution in [0.5, 0.6) is 0 Å². The minimum atomic E-state index is 0.0985. The fraction of sp³-hybridized carbons (Fsp3) is 0.200. The van der Waals surface area contributed by atoms with Crippen LogP contribution in [0, 0.1) is 0 Å². The smallest absolute Gasteiger partial charge is 0.227 e. The van der Waals surface area contributed by atoms with E-state index in [2.05, 4.69) is 9.88 Å². The Kier molecular flexibility index (Phi) is 5.69. The molecule has 1 fully saturated rings. The lowest BCUT2D eigenvalue weighted by molar-refractivity contribution is -0.130. The number of para-hydroxylation sites is 1. The first kappa shape index (κ1) is 20.4. The Balaban J connectivity index is 1.37. The molecule has 0 bridgehead atoms. The highest BCUT2D eigenvalue weighted by Gasteiger charge is 2.24. The third-order valence-corrected chi connectivity index (χ3v) is 6.10. The van der Waals surface area contributed by atoms with Crippen molar-refractivity contribution in [2.45, 2.75) is 6.42 Å². The summed E-state index contributed by atoms with van der Waals surface area (Å²) in [6.45, 7) is 2.71. The van der Waals surface area contributed by atoms with Gasteiger partial charge >= 0.3 is 0 Å². The van der Waals surface area contributed by atoms with E-state index in [4.69, 9.17) is 21.6 Å². The molecule has 2 aromatic heterocycles. The van der Waals surface area contributed by atoms with Gasteiger partial charge in [0.05, 0.1) is 11.9 Å². The lowest BCUT2D eigenvalue weighted by atomic mass is 10.1. The molecule has 0 atom stereocenters. The van der Waals surface area contributed by atoms with Gasteiger partial charge in [0, 0.05) is 54.5 Å². The second-order valence-corrected chi connectivity index (χ2v) is 8.17. The number of pyridine rings is 1. The third-order valence-electron chi connectivity index (χ3n) is 5.73. The Morgan fingerprint density at radius 1 is 0.906 bits per heavy atom. The molecule has 7 heteroatoms. The average molecular weight is 444 g/mol. The van der Waals surface area contributed by atoms with Gasteiger partial charge < -0.3 is 9.80 Å². The number of carbonyl (C=O) groups is 1. The number of benzene rings is 2. The zero-order valence-corrected chi connectivity index (χ0v) is 18.2. The number of piperazine rings is 1. The van der Waals surface area contributed by atoms with Gasteiger partial charge in [0.1, 0.15) is 5.82 Å². The molecule has 1 saturated heterocycles. The number of rotatable bonds is 4. The van der Waals surface area contributed by atoms with Crippen LogP contribution in [-0.2, 0) is 11.2 Å². The van der Waals surface area contributed by atoms with Crippen LogP contribution in [0.4, 0.5) is 5.82 Å². The quantitative estimate of drug-likeness (QED) is 0.472. The summed E-state index contributed by atoms with van der Waals surface area (Å²) < 4.78 is 0. The summed E-state index contributed by atoms with van der Waals surface area (Å²) in [7, 11) is 0. The predicted molar refractivity (Wildman–Crippen MR) is 127 cm³/mol. The Morgan fingerprint density at radius 3 is 2.47 bits per heavy atom. The Bertz CT molecular complexity index is 1260. The van der Waals surface area contributed by atoms with Gasteiger partial charge in [0.15, 0.2) is 5.82 Å². The molecular formula is C25H22ClN5O. The van der Waals surface area contributed by atoms with Crippen LogP contribution in [0.3, 0.4) is 0 Å². The van der Waals surface area contributed by atoms with Crippen molar-refractivity contribution in [3.05, 3.63) is 83.6 Å². The second-order valence-electron chi connectivity index (χ2n) is 7.77. The SMILES string of the molecule is O=C(Cc1ccccc1Cl)N1CCN(c2nc(-c3cccnc3)nc3ccccc23)CC1. The van der Waals surface area contributed by atoms with Crippen LogP contribution in [-0.4, -0.2) is 51.9 Å². The standard InChI is InChI=1S/C25H22ClN5O/c26-21-9-3-1-6-18(21)16-23(32)30-12-14-31(15-13-30)25-20-8-2-4-10-22(20)28-24(29-25)19-7-5-11-27-17-19/h1-11,17H,12-16H2. The van der Waals surface area contributed by atoms with Crippen molar-refractivity contribution in [1.29, 1.82) is 0 Å². The highest BCUT2D eigenvalue weighted by atomic mass is 35.5. The van der Waals surface area contributed by atoms with E-state index in [1.807, 2.05) is 65.6 Å². The summed E-state index contributed by atoms with van der Waals surface area (Å²) in [5.41, 5.74) is 2.64. The van der Waals surface area contributed by atoms with Gasteiger partial charge in [0.25, 0.3) is 0 Å². The Labute approximate surface area is 191 Å². The van der Waals surface area contributed by atoms with Crippen LogP contribution in [0.25, 0.3) is 22.3 Å². The molecule has 6 nitrogen and oxygen atoms in total. The van der Waals surface area contributed by atoms with Crippen molar-refractivity contribution in [3.63, 3.8) is 0 Å². The van der Waals surface area contributed by atoms with E-state index in [0.717, 1.165) is 27.8 Å². The summed E-state index contributed by atoms with van der Waals surface area (Å²) >= 11 is 6.23. The van der Waals surface area contributed by atoms with Crippen molar-refractivity contribution >= 4 is 34.2 Å². The zero-order valence-electron chi connectivity index (χ0n) is 17.5. The first-order valence-corrected chi connectivity index (χ1v) is 11.0. The number of halogens is 1. The fourth-order valence-corrected chi connectivity index (χ4v) is 4.21. The number of aromatic nitrogens is 3. The van der Waals surface area contributed by atoms with Crippen molar-refractivity contribution in [2.24, 2.45) is 0 Å².